The molecule has 0 aliphatic rings. The van der Waals surface area contributed by atoms with Crippen molar-refractivity contribution in [3.05, 3.63) is 58.2 Å². The minimum Gasteiger partial charge on any atom is -0.325 e. The van der Waals surface area contributed by atoms with Gasteiger partial charge in [-0.1, -0.05) is 17.2 Å². The van der Waals surface area contributed by atoms with E-state index in [2.05, 4.69) is 20.0 Å². The van der Waals surface area contributed by atoms with Gasteiger partial charge in [-0.2, -0.15) is 0 Å². The van der Waals surface area contributed by atoms with Crippen LogP contribution in [0.15, 0.2) is 51.6 Å². The van der Waals surface area contributed by atoms with Gasteiger partial charge >= 0.3 is 0 Å². The van der Waals surface area contributed by atoms with Gasteiger partial charge < -0.3 is 5.73 Å². The summed E-state index contributed by atoms with van der Waals surface area (Å²) in [5.41, 5.74) is 14.2. The molecule has 14 heteroatoms. The average Bonchev–Trinajstić information content (AvgIpc) is 2.59. The van der Waals surface area contributed by atoms with Crippen molar-refractivity contribution < 1.29 is 16.8 Å². The summed E-state index contributed by atoms with van der Waals surface area (Å²) in [6.07, 6.45) is 0. The highest BCUT2D eigenvalue weighted by molar-refractivity contribution is 7.89. The molecule has 0 aliphatic carbocycles. The van der Waals surface area contributed by atoms with Crippen LogP contribution >= 0.6 is 0 Å². The maximum Gasteiger partial charge on any atom is 0.255 e. The van der Waals surface area contributed by atoms with Crippen LogP contribution in [-0.4, -0.2) is 26.8 Å². The summed E-state index contributed by atoms with van der Waals surface area (Å²) in [4.78, 5) is 9.96. The number of primary sulfonamides is 2. The fourth-order valence-corrected chi connectivity index (χ4v) is 2.56. The van der Waals surface area contributed by atoms with Crippen LogP contribution in [0.2, 0.25) is 0 Å². The second-order valence-electron chi connectivity index (χ2n) is 4.62. The molecule has 2 rings (SSSR count). The van der Waals surface area contributed by atoms with Gasteiger partial charge in [0.25, 0.3) is 20.0 Å². The second kappa shape index (κ2) is 9.19. The van der Waals surface area contributed by atoms with Crippen LogP contribution in [0.3, 0.4) is 0 Å². The number of pyridine rings is 2. The van der Waals surface area contributed by atoms with E-state index in [1.54, 1.807) is 18.2 Å². The van der Waals surface area contributed by atoms with E-state index >= 15 is 0 Å². The average molecular weight is 400 g/mol. The zero-order chi connectivity index (χ0) is 19.8. The molecular formula is C12H16N8O4S2. The van der Waals surface area contributed by atoms with Crippen molar-refractivity contribution in [3.63, 3.8) is 0 Å². The lowest BCUT2D eigenvalue weighted by Gasteiger charge is -1.98. The Balaban J connectivity index is 0.000000263. The summed E-state index contributed by atoms with van der Waals surface area (Å²) >= 11 is 0. The SMILES string of the molecule is NCc1cccc(S(N)(=O)=O)n1.[N-]=[N+]=NCc1cccc(S(N)(=O)=O)n1. The van der Waals surface area contributed by atoms with Crippen molar-refractivity contribution >= 4 is 20.0 Å². The number of azide groups is 1. The van der Waals surface area contributed by atoms with Gasteiger partial charge in [-0.3, -0.25) is 0 Å². The van der Waals surface area contributed by atoms with Gasteiger partial charge in [0.05, 0.1) is 12.2 Å². The van der Waals surface area contributed by atoms with Gasteiger partial charge in [0, 0.05) is 17.2 Å². The van der Waals surface area contributed by atoms with Gasteiger partial charge in [0.15, 0.2) is 10.1 Å². The van der Waals surface area contributed by atoms with Crippen molar-refractivity contribution in [1.82, 2.24) is 9.97 Å². The van der Waals surface area contributed by atoms with Gasteiger partial charge in [-0.05, 0) is 29.8 Å². The van der Waals surface area contributed by atoms with Crippen molar-refractivity contribution in [2.45, 2.75) is 23.1 Å². The lowest BCUT2D eigenvalue weighted by molar-refractivity contribution is 0.591. The number of rotatable bonds is 5. The fourth-order valence-electron chi connectivity index (χ4n) is 1.54. The Bertz CT molecular complexity index is 1020. The minimum atomic E-state index is -3.80. The van der Waals surface area contributed by atoms with Crippen LogP contribution in [0, 0.1) is 0 Å². The topological polar surface area (TPSA) is 221 Å². The summed E-state index contributed by atoms with van der Waals surface area (Å²) in [6.45, 7) is 0.198. The molecule has 0 aromatic carbocycles. The molecule has 0 unspecified atom stereocenters. The van der Waals surface area contributed by atoms with Gasteiger partial charge in [0.1, 0.15) is 0 Å². The van der Waals surface area contributed by atoms with Crippen molar-refractivity contribution in [2.75, 3.05) is 0 Å². The number of nitrogens with two attached hydrogens (primary N) is 3. The van der Waals surface area contributed by atoms with Crippen LogP contribution in [0.25, 0.3) is 10.4 Å². The fraction of sp³-hybridized carbons (Fsp3) is 0.167. The monoisotopic (exact) mass is 400 g/mol. The quantitative estimate of drug-likeness (QED) is 0.345. The standard InChI is InChI=1S/C6H7N5O2S.C6H9N3O2S/c7-11-9-4-5-2-1-3-6(10-5)14(8,12)13;7-4-5-2-1-3-6(9-5)12(8,10)11/h1-3H,4H2,(H2,8,12,13);1-3H,4,7H2,(H2,8,10,11). The minimum absolute atomic E-state index is 0.000139. The Morgan fingerprint density at radius 3 is 1.81 bits per heavy atom. The Labute approximate surface area is 149 Å². The maximum absolute atomic E-state index is 10.9. The number of hydrogen-bond acceptors (Lipinski definition) is 8. The highest BCUT2D eigenvalue weighted by Gasteiger charge is 2.09. The normalized spacial score (nSPS) is 11.0. The molecular weight excluding hydrogens is 384 g/mol. The Morgan fingerprint density at radius 2 is 1.38 bits per heavy atom. The van der Waals surface area contributed by atoms with Crippen molar-refractivity contribution in [2.24, 2.45) is 21.1 Å². The lowest BCUT2D eigenvalue weighted by atomic mass is 10.4. The van der Waals surface area contributed by atoms with E-state index in [9.17, 15) is 16.8 Å². The third-order valence-electron chi connectivity index (χ3n) is 2.65. The summed E-state index contributed by atoms with van der Waals surface area (Å²) in [6, 6.07) is 8.81. The molecule has 0 fully saturated rings. The van der Waals surface area contributed by atoms with Crippen LogP contribution < -0.4 is 16.0 Å². The smallest absolute Gasteiger partial charge is 0.255 e. The number of aromatic nitrogens is 2. The first-order chi connectivity index (χ1) is 12.1. The Kier molecular flexibility index (Phi) is 7.57. The molecule has 2 aromatic heterocycles. The number of hydrogen-bond donors (Lipinski definition) is 3. The molecule has 140 valence electrons. The van der Waals surface area contributed by atoms with E-state index in [-0.39, 0.29) is 23.1 Å². The van der Waals surface area contributed by atoms with E-state index in [0.717, 1.165) is 0 Å². The molecule has 12 nitrogen and oxygen atoms in total. The molecule has 2 heterocycles. The van der Waals surface area contributed by atoms with Gasteiger partial charge in [-0.25, -0.2) is 37.1 Å². The molecule has 26 heavy (non-hydrogen) atoms. The van der Waals surface area contributed by atoms with Gasteiger partial charge in [0.2, 0.25) is 0 Å². The van der Waals surface area contributed by atoms with E-state index in [1.165, 1.54) is 18.2 Å². The highest BCUT2D eigenvalue weighted by Crippen LogP contribution is 2.05. The molecule has 0 spiro atoms. The predicted octanol–water partition coefficient (Wildman–Crippen LogP) is -0.273. The van der Waals surface area contributed by atoms with Crippen LogP contribution in [-0.2, 0) is 33.1 Å². The van der Waals surface area contributed by atoms with E-state index in [4.69, 9.17) is 21.5 Å². The molecule has 0 radical (unpaired) electrons. The number of sulfonamides is 2. The summed E-state index contributed by atoms with van der Waals surface area (Å²) in [5.74, 6) is 0. The van der Waals surface area contributed by atoms with E-state index in [0.29, 0.717) is 11.4 Å². The van der Waals surface area contributed by atoms with E-state index in [1.807, 2.05) is 0 Å². The molecule has 0 amide bonds. The van der Waals surface area contributed by atoms with E-state index < -0.39 is 20.0 Å². The molecule has 2 aromatic rings. The van der Waals surface area contributed by atoms with Crippen LogP contribution in [0.4, 0.5) is 0 Å². The molecule has 0 saturated heterocycles. The zero-order valence-corrected chi connectivity index (χ0v) is 14.9. The largest absolute Gasteiger partial charge is 0.325 e. The highest BCUT2D eigenvalue weighted by atomic mass is 32.2. The van der Waals surface area contributed by atoms with Crippen LogP contribution in [0.5, 0.6) is 0 Å². The lowest BCUT2D eigenvalue weighted by Crippen LogP contribution is -2.15. The Morgan fingerprint density at radius 1 is 0.923 bits per heavy atom. The first-order valence-corrected chi connectivity index (χ1v) is 9.85. The second-order valence-corrected chi connectivity index (χ2v) is 7.63. The zero-order valence-electron chi connectivity index (χ0n) is 13.3. The predicted molar refractivity (Wildman–Crippen MR) is 92.0 cm³/mol. The van der Waals surface area contributed by atoms with Crippen molar-refractivity contribution in [3.8, 4) is 0 Å². The molecule has 0 aliphatic heterocycles. The summed E-state index contributed by atoms with van der Waals surface area (Å²) in [5, 5.41) is 12.6. The third-order valence-corrected chi connectivity index (χ3v) is 4.27. The number of nitrogens with zero attached hydrogens (tertiary/aromatic N) is 5. The molecule has 0 bridgehead atoms. The maximum atomic E-state index is 10.9. The third kappa shape index (κ3) is 7.10. The van der Waals surface area contributed by atoms with Gasteiger partial charge in [-0.15, -0.1) is 0 Å². The van der Waals surface area contributed by atoms with Crippen molar-refractivity contribution in [1.29, 1.82) is 0 Å². The summed E-state index contributed by atoms with van der Waals surface area (Å²) < 4.78 is 43.3. The first kappa shape index (κ1) is 21.4. The Hall–Kier alpha value is -2.61. The summed E-state index contributed by atoms with van der Waals surface area (Å²) in [7, 11) is -7.50. The molecule has 6 N–H and O–H groups in total. The molecule has 0 saturated carbocycles. The van der Waals surface area contributed by atoms with Crippen LogP contribution in [0.1, 0.15) is 11.4 Å². The molecule has 0 atom stereocenters. The first-order valence-electron chi connectivity index (χ1n) is 6.76.